The fourth-order valence-corrected chi connectivity index (χ4v) is 1.80. The van der Waals surface area contributed by atoms with Crippen molar-refractivity contribution in [2.24, 2.45) is 5.73 Å². The van der Waals surface area contributed by atoms with Gasteiger partial charge in [-0.05, 0) is 32.4 Å². The van der Waals surface area contributed by atoms with Crippen LogP contribution in [0.1, 0.15) is 37.0 Å². The first-order valence-corrected chi connectivity index (χ1v) is 6.13. The van der Waals surface area contributed by atoms with Gasteiger partial charge in [0.15, 0.2) is 5.78 Å². The second kappa shape index (κ2) is 4.86. The minimum Gasteiger partial charge on any atom is -0.326 e. The summed E-state index contributed by atoms with van der Waals surface area (Å²) >= 11 is 0. The van der Waals surface area contributed by atoms with Crippen LogP contribution >= 0.6 is 0 Å². The maximum Gasteiger partial charge on any atom is 0.164 e. The topological polar surface area (TPSA) is 56.0 Å². The van der Waals surface area contributed by atoms with Gasteiger partial charge in [-0.15, -0.1) is 0 Å². The van der Waals surface area contributed by atoms with Crippen molar-refractivity contribution in [3.8, 4) is 0 Å². The fraction of sp³-hybridized carbons (Fsp3) is 0.333. The average molecular weight is 242 g/mol. The number of carbonyl (C=O) groups is 1. The lowest BCUT2D eigenvalue weighted by molar-refractivity contribution is 0.0972. The smallest absolute Gasteiger partial charge is 0.164 e. The summed E-state index contributed by atoms with van der Waals surface area (Å²) in [7, 11) is 0. The first kappa shape index (κ1) is 12.7. The molecule has 0 bridgehead atoms. The monoisotopic (exact) mass is 242 g/mol. The van der Waals surface area contributed by atoms with Crippen molar-refractivity contribution in [3.63, 3.8) is 0 Å². The van der Waals surface area contributed by atoms with Crippen molar-refractivity contribution < 1.29 is 4.79 Å². The molecule has 0 fully saturated rings. The Morgan fingerprint density at radius 1 is 1.33 bits per heavy atom. The van der Waals surface area contributed by atoms with Crippen molar-refractivity contribution in [1.82, 2.24) is 4.98 Å². The third kappa shape index (κ3) is 3.14. The molecule has 0 saturated carbocycles. The number of carbonyl (C=O) groups excluding carboxylic acids is 1. The highest BCUT2D eigenvalue weighted by atomic mass is 16.1. The number of para-hydroxylation sites is 1. The molecule has 3 heteroatoms. The molecule has 1 heterocycles. The minimum absolute atomic E-state index is 0.103. The Balaban J connectivity index is 2.18. The number of pyridine rings is 1. The van der Waals surface area contributed by atoms with Crippen LogP contribution in [-0.4, -0.2) is 16.3 Å². The van der Waals surface area contributed by atoms with E-state index in [0.717, 1.165) is 10.9 Å². The molecule has 2 rings (SSSR count). The number of rotatable bonds is 4. The highest BCUT2D eigenvalue weighted by molar-refractivity contribution is 5.98. The van der Waals surface area contributed by atoms with Crippen molar-refractivity contribution in [1.29, 1.82) is 0 Å². The molecule has 94 valence electrons. The van der Waals surface area contributed by atoms with Gasteiger partial charge in [-0.25, -0.2) is 0 Å². The predicted molar refractivity (Wildman–Crippen MR) is 73.6 cm³/mol. The molecular formula is C15H18N2O. The Morgan fingerprint density at radius 3 is 2.78 bits per heavy atom. The van der Waals surface area contributed by atoms with Gasteiger partial charge < -0.3 is 5.73 Å². The molecule has 2 aromatic rings. The van der Waals surface area contributed by atoms with Gasteiger partial charge in [0.05, 0.1) is 5.52 Å². The molecule has 0 unspecified atom stereocenters. The molecule has 0 radical (unpaired) electrons. The number of Topliss-reactive ketones (excluding diaryl/α,β-unsaturated/α-hetero) is 1. The lowest BCUT2D eigenvalue weighted by atomic mass is 9.96. The SMILES string of the molecule is CC(C)(N)CCC(=O)c1cnc2ccccc2c1. The number of nitrogens with zero attached hydrogens (tertiary/aromatic N) is 1. The van der Waals surface area contributed by atoms with Crippen LogP contribution in [0.3, 0.4) is 0 Å². The molecule has 0 atom stereocenters. The largest absolute Gasteiger partial charge is 0.326 e. The Kier molecular flexibility index (Phi) is 3.43. The molecular weight excluding hydrogens is 224 g/mol. The first-order chi connectivity index (χ1) is 8.46. The molecule has 0 aliphatic rings. The summed E-state index contributed by atoms with van der Waals surface area (Å²) in [5.41, 5.74) is 7.15. The zero-order valence-electron chi connectivity index (χ0n) is 10.8. The van der Waals surface area contributed by atoms with Crippen LogP contribution in [0.4, 0.5) is 0 Å². The Hall–Kier alpha value is -1.74. The van der Waals surface area contributed by atoms with Gasteiger partial charge in [0.25, 0.3) is 0 Å². The van der Waals surface area contributed by atoms with E-state index >= 15 is 0 Å². The summed E-state index contributed by atoms with van der Waals surface area (Å²) in [6, 6.07) is 9.68. The van der Waals surface area contributed by atoms with E-state index in [2.05, 4.69) is 4.98 Å². The first-order valence-electron chi connectivity index (χ1n) is 6.13. The van der Waals surface area contributed by atoms with Gasteiger partial charge in [-0.2, -0.15) is 0 Å². The fourth-order valence-electron chi connectivity index (χ4n) is 1.80. The zero-order chi connectivity index (χ0) is 13.2. The second-order valence-corrected chi connectivity index (χ2v) is 5.33. The van der Waals surface area contributed by atoms with Crippen LogP contribution in [0.5, 0.6) is 0 Å². The van der Waals surface area contributed by atoms with E-state index in [4.69, 9.17) is 5.73 Å². The number of hydrogen-bond donors (Lipinski definition) is 1. The van der Waals surface area contributed by atoms with E-state index in [-0.39, 0.29) is 11.3 Å². The highest BCUT2D eigenvalue weighted by Crippen LogP contribution is 2.16. The van der Waals surface area contributed by atoms with Crippen LogP contribution in [-0.2, 0) is 0 Å². The number of nitrogens with two attached hydrogens (primary N) is 1. The standard InChI is InChI=1S/C15H18N2O/c1-15(2,16)8-7-14(18)12-9-11-5-3-4-6-13(11)17-10-12/h3-6,9-10H,7-8,16H2,1-2H3. The van der Waals surface area contributed by atoms with Gasteiger partial charge in [0.2, 0.25) is 0 Å². The van der Waals surface area contributed by atoms with E-state index in [0.29, 0.717) is 18.4 Å². The maximum atomic E-state index is 12.0. The molecule has 0 aliphatic carbocycles. The van der Waals surface area contributed by atoms with Crippen LogP contribution in [0.15, 0.2) is 36.5 Å². The summed E-state index contributed by atoms with van der Waals surface area (Å²) in [5, 5.41) is 0.996. The quantitative estimate of drug-likeness (QED) is 0.839. The molecule has 0 saturated heterocycles. The van der Waals surface area contributed by atoms with Crippen LogP contribution in [0.2, 0.25) is 0 Å². The minimum atomic E-state index is -0.306. The van der Waals surface area contributed by atoms with Gasteiger partial charge in [0.1, 0.15) is 0 Å². The third-order valence-electron chi connectivity index (χ3n) is 2.91. The van der Waals surface area contributed by atoms with E-state index in [1.165, 1.54) is 0 Å². The van der Waals surface area contributed by atoms with E-state index in [1.54, 1.807) is 6.20 Å². The third-order valence-corrected chi connectivity index (χ3v) is 2.91. The summed E-state index contributed by atoms with van der Waals surface area (Å²) < 4.78 is 0. The molecule has 1 aromatic heterocycles. The van der Waals surface area contributed by atoms with E-state index in [1.807, 2.05) is 44.2 Å². The molecule has 1 aromatic carbocycles. The van der Waals surface area contributed by atoms with Gasteiger partial charge in [-0.1, -0.05) is 18.2 Å². The number of hydrogen-bond acceptors (Lipinski definition) is 3. The average Bonchev–Trinajstić information content (AvgIpc) is 2.34. The van der Waals surface area contributed by atoms with Crippen molar-refractivity contribution >= 4 is 16.7 Å². The highest BCUT2D eigenvalue weighted by Gasteiger charge is 2.14. The summed E-state index contributed by atoms with van der Waals surface area (Å²) in [6.07, 6.45) is 2.79. The number of fused-ring (bicyclic) bond motifs is 1. The lowest BCUT2D eigenvalue weighted by Crippen LogP contribution is -2.32. The predicted octanol–water partition coefficient (Wildman–Crippen LogP) is 2.94. The van der Waals surface area contributed by atoms with E-state index in [9.17, 15) is 4.79 Å². The second-order valence-electron chi connectivity index (χ2n) is 5.33. The summed E-state index contributed by atoms with van der Waals surface area (Å²) in [5.74, 6) is 0.103. The Bertz CT molecular complexity index is 570. The Morgan fingerprint density at radius 2 is 2.06 bits per heavy atom. The van der Waals surface area contributed by atoms with Crippen LogP contribution in [0.25, 0.3) is 10.9 Å². The maximum absolute atomic E-state index is 12.0. The van der Waals surface area contributed by atoms with Crippen molar-refractivity contribution in [2.45, 2.75) is 32.2 Å². The Labute approximate surface area is 107 Å². The number of aromatic nitrogens is 1. The normalized spacial score (nSPS) is 11.7. The van der Waals surface area contributed by atoms with Crippen molar-refractivity contribution in [2.75, 3.05) is 0 Å². The van der Waals surface area contributed by atoms with Crippen LogP contribution in [0, 0.1) is 0 Å². The number of ketones is 1. The molecule has 3 nitrogen and oxygen atoms in total. The summed E-state index contributed by atoms with van der Waals surface area (Å²) in [6.45, 7) is 3.86. The molecule has 18 heavy (non-hydrogen) atoms. The van der Waals surface area contributed by atoms with Gasteiger partial charge >= 0.3 is 0 Å². The summed E-state index contributed by atoms with van der Waals surface area (Å²) in [4.78, 5) is 16.3. The van der Waals surface area contributed by atoms with Gasteiger partial charge in [-0.3, -0.25) is 9.78 Å². The molecule has 0 aliphatic heterocycles. The van der Waals surface area contributed by atoms with Crippen LogP contribution < -0.4 is 5.73 Å². The van der Waals surface area contributed by atoms with E-state index < -0.39 is 0 Å². The van der Waals surface area contributed by atoms with Crippen molar-refractivity contribution in [3.05, 3.63) is 42.1 Å². The molecule has 0 amide bonds. The van der Waals surface area contributed by atoms with Gasteiger partial charge in [0, 0.05) is 29.1 Å². The zero-order valence-corrected chi connectivity index (χ0v) is 10.8. The molecule has 2 N–H and O–H groups in total. The lowest BCUT2D eigenvalue weighted by Gasteiger charge is -2.17. The molecule has 0 spiro atoms. The number of benzene rings is 1.